The topological polar surface area (TPSA) is 124 Å². The van der Waals surface area contributed by atoms with Crippen molar-refractivity contribution in [1.29, 1.82) is 0 Å². The predicted molar refractivity (Wildman–Crippen MR) is 64.3 cm³/mol. The van der Waals surface area contributed by atoms with Gasteiger partial charge in [0.25, 0.3) is 0 Å². The second-order valence-electron chi connectivity index (χ2n) is 3.54. The van der Waals surface area contributed by atoms with Crippen LogP contribution in [0, 0.1) is 0 Å². The van der Waals surface area contributed by atoms with Gasteiger partial charge in [-0.25, -0.2) is 9.59 Å². The molecular formula is C12H11NO6. The highest BCUT2D eigenvalue weighted by Gasteiger charge is 2.26. The van der Waals surface area contributed by atoms with Gasteiger partial charge in [-0.2, -0.15) is 0 Å². The third kappa shape index (κ3) is 4.50. The second kappa shape index (κ2) is 6.20. The summed E-state index contributed by atoms with van der Waals surface area (Å²) in [5, 5.41) is 28.0. The number of carbonyl (C=O) groups is 3. The number of rotatable bonds is 5. The molecule has 0 radical (unpaired) electrons. The van der Waals surface area contributed by atoms with E-state index in [0.717, 1.165) is 6.08 Å². The summed E-state index contributed by atoms with van der Waals surface area (Å²) in [5.74, 6) is -4.08. The zero-order valence-corrected chi connectivity index (χ0v) is 9.61. The summed E-state index contributed by atoms with van der Waals surface area (Å²) >= 11 is 0. The van der Waals surface area contributed by atoms with Crippen molar-refractivity contribution in [3.8, 4) is 5.75 Å². The first kappa shape index (κ1) is 14.2. The molecule has 1 rings (SSSR count). The zero-order chi connectivity index (χ0) is 14.4. The number of nitrogens with one attached hydrogen (secondary N) is 1. The summed E-state index contributed by atoms with van der Waals surface area (Å²) in [6.07, 6.45) is 2.36. The van der Waals surface area contributed by atoms with E-state index in [9.17, 15) is 14.4 Å². The van der Waals surface area contributed by atoms with Gasteiger partial charge in [0.1, 0.15) is 5.75 Å². The van der Waals surface area contributed by atoms with E-state index in [1.165, 1.54) is 30.3 Å². The van der Waals surface area contributed by atoms with Crippen molar-refractivity contribution in [2.45, 2.75) is 6.04 Å². The number of carboxylic acids is 2. The van der Waals surface area contributed by atoms with Crippen LogP contribution in [0.4, 0.5) is 0 Å². The number of hydrogen-bond acceptors (Lipinski definition) is 4. The molecule has 0 atom stereocenters. The summed E-state index contributed by atoms with van der Waals surface area (Å²) in [4.78, 5) is 32.4. The Morgan fingerprint density at radius 2 is 1.58 bits per heavy atom. The summed E-state index contributed by atoms with van der Waals surface area (Å²) in [6, 6.07) is 3.90. The molecule has 0 aliphatic rings. The van der Waals surface area contributed by atoms with Crippen molar-refractivity contribution in [2.24, 2.45) is 0 Å². The number of carbonyl (C=O) groups excluding carboxylic acids is 1. The molecule has 0 saturated heterocycles. The van der Waals surface area contributed by atoms with Crippen LogP contribution in [0.5, 0.6) is 5.75 Å². The molecule has 19 heavy (non-hydrogen) atoms. The smallest absolute Gasteiger partial charge is 0.338 e. The molecule has 0 fully saturated rings. The summed E-state index contributed by atoms with van der Waals surface area (Å²) in [7, 11) is 0. The Morgan fingerprint density at radius 3 is 2.05 bits per heavy atom. The Kier molecular flexibility index (Phi) is 4.64. The molecule has 0 saturated carbocycles. The molecule has 0 heterocycles. The fraction of sp³-hybridized carbons (Fsp3) is 0.0833. The van der Waals surface area contributed by atoms with Gasteiger partial charge in [-0.1, -0.05) is 12.1 Å². The van der Waals surface area contributed by atoms with E-state index in [-0.39, 0.29) is 5.75 Å². The average Bonchev–Trinajstić information content (AvgIpc) is 2.34. The van der Waals surface area contributed by atoms with Crippen LogP contribution in [0.1, 0.15) is 5.56 Å². The molecule has 0 aromatic heterocycles. The number of hydrogen-bond donors (Lipinski definition) is 4. The molecule has 1 amide bonds. The van der Waals surface area contributed by atoms with Crippen molar-refractivity contribution in [3.63, 3.8) is 0 Å². The monoisotopic (exact) mass is 265 g/mol. The molecular weight excluding hydrogens is 254 g/mol. The maximum Gasteiger partial charge on any atom is 0.338 e. The molecule has 100 valence electrons. The van der Waals surface area contributed by atoms with Gasteiger partial charge in [-0.05, 0) is 23.8 Å². The summed E-state index contributed by atoms with van der Waals surface area (Å²) < 4.78 is 0. The molecule has 4 N–H and O–H groups in total. The quantitative estimate of drug-likeness (QED) is 0.441. The van der Waals surface area contributed by atoms with Gasteiger partial charge in [0.05, 0.1) is 0 Å². The Hall–Kier alpha value is -2.83. The van der Waals surface area contributed by atoms with Crippen molar-refractivity contribution < 1.29 is 29.7 Å². The van der Waals surface area contributed by atoms with E-state index in [1.54, 1.807) is 0 Å². The number of phenols is 1. The molecule has 0 aliphatic carbocycles. The number of aromatic hydroxyl groups is 1. The van der Waals surface area contributed by atoms with Crippen LogP contribution in [-0.4, -0.2) is 39.2 Å². The van der Waals surface area contributed by atoms with E-state index >= 15 is 0 Å². The third-order valence-electron chi connectivity index (χ3n) is 2.10. The minimum Gasteiger partial charge on any atom is -0.508 e. The number of benzene rings is 1. The number of aliphatic carboxylic acids is 2. The lowest BCUT2D eigenvalue weighted by atomic mass is 10.2. The lowest BCUT2D eigenvalue weighted by molar-refractivity contribution is -0.152. The van der Waals surface area contributed by atoms with Crippen LogP contribution in [0.3, 0.4) is 0 Å². The minimum atomic E-state index is -1.99. The van der Waals surface area contributed by atoms with Crippen LogP contribution in [0.15, 0.2) is 30.3 Å². The maximum atomic E-state index is 11.3. The van der Waals surface area contributed by atoms with Gasteiger partial charge in [0.2, 0.25) is 11.9 Å². The van der Waals surface area contributed by atoms with Crippen LogP contribution in [-0.2, 0) is 14.4 Å². The third-order valence-corrected chi connectivity index (χ3v) is 2.10. The normalized spacial score (nSPS) is 10.6. The molecule has 0 aliphatic heterocycles. The van der Waals surface area contributed by atoms with Gasteiger partial charge in [0, 0.05) is 6.08 Å². The number of amides is 1. The van der Waals surface area contributed by atoms with Crippen molar-refractivity contribution >= 4 is 23.9 Å². The SMILES string of the molecule is O=C(/C=C\c1ccc(O)cc1)NC(C(=O)O)C(=O)O. The maximum absolute atomic E-state index is 11.3. The number of carboxylic acid groups (broad SMARTS) is 2. The van der Waals surface area contributed by atoms with E-state index in [1.807, 2.05) is 5.32 Å². The van der Waals surface area contributed by atoms with Crippen LogP contribution in [0.25, 0.3) is 6.08 Å². The van der Waals surface area contributed by atoms with Gasteiger partial charge in [-0.3, -0.25) is 4.79 Å². The molecule has 1 aromatic rings. The Morgan fingerprint density at radius 1 is 1.05 bits per heavy atom. The zero-order valence-electron chi connectivity index (χ0n) is 9.61. The first-order chi connectivity index (χ1) is 8.90. The van der Waals surface area contributed by atoms with E-state index in [0.29, 0.717) is 5.56 Å². The Bertz CT molecular complexity index is 506. The second-order valence-corrected chi connectivity index (χ2v) is 3.54. The summed E-state index contributed by atoms with van der Waals surface area (Å²) in [5.41, 5.74) is 0.593. The van der Waals surface area contributed by atoms with Gasteiger partial charge in [0.15, 0.2) is 0 Å². The first-order valence-electron chi connectivity index (χ1n) is 5.13. The fourth-order valence-electron chi connectivity index (χ4n) is 1.18. The molecule has 0 spiro atoms. The largest absolute Gasteiger partial charge is 0.508 e. The lowest BCUT2D eigenvalue weighted by Crippen LogP contribution is -2.45. The molecule has 1 aromatic carbocycles. The number of phenolic OH excluding ortho intramolecular Hbond substituents is 1. The molecule has 7 nitrogen and oxygen atoms in total. The molecule has 7 heteroatoms. The van der Waals surface area contributed by atoms with E-state index in [2.05, 4.69) is 0 Å². The van der Waals surface area contributed by atoms with Gasteiger partial charge < -0.3 is 20.6 Å². The Balaban J connectivity index is 2.66. The van der Waals surface area contributed by atoms with Crippen molar-refractivity contribution in [3.05, 3.63) is 35.9 Å². The standard InChI is InChI=1S/C12H11NO6/c14-8-4-1-7(2-5-8)3-6-9(15)13-10(11(16)17)12(18)19/h1-6,10,14H,(H,13,15)(H,16,17)(H,18,19)/b6-3-. The van der Waals surface area contributed by atoms with E-state index < -0.39 is 23.9 Å². The van der Waals surface area contributed by atoms with Crippen LogP contribution in [0.2, 0.25) is 0 Å². The van der Waals surface area contributed by atoms with Crippen molar-refractivity contribution in [2.75, 3.05) is 0 Å². The van der Waals surface area contributed by atoms with Crippen molar-refractivity contribution in [1.82, 2.24) is 5.32 Å². The average molecular weight is 265 g/mol. The van der Waals surface area contributed by atoms with Gasteiger partial charge >= 0.3 is 11.9 Å². The highest BCUT2D eigenvalue weighted by atomic mass is 16.4. The Labute approximate surface area is 107 Å². The van der Waals surface area contributed by atoms with Crippen LogP contribution < -0.4 is 5.32 Å². The highest BCUT2D eigenvalue weighted by Crippen LogP contribution is 2.10. The first-order valence-corrected chi connectivity index (χ1v) is 5.13. The van der Waals surface area contributed by atoms with E-state index in [4.69, 9.17) is 15.3 Å². The highest BCUT2D eigenvalue weighted by molar-refractivity contribution is 6.03. The lowest BCUT2D eigenvalue weighted by Gasteiger charge is -2.07. The predicted octanol–water partition coefficient (Wildman–Crippen LogP) is 0.0594. The minimum absolute atomic E-state index is 0.0680. The summed E-state index contributed by atoms with van der Waals surface area (Å²) in [6.45, 7) is 0. The fourth-order valence-corrected chi connectivity index (χ4v) is 1.18. The molecule has 0 unspecified atom stereocenters. The van der Waals surface area contributed by atoms with Crippen LogP contribution >= 0.6 is 0 Å². The molecule has 0 bridgehead atoms. The van der Waals surface area contributed by atoms with Gasteiger partial charge in [-0.15, -0.1) is 0 Å².